The van der Waals surface area contributed by atoms with E-state index in [1.54, 1.807) is 18.7 Å². The Morgan fingerprint density at radius 3 is 3.17 bits per heavy atom. The Morgan fingerprint density at radius 1 is 1.38 bits per heavy atom. The van der Waals surface area contributed by atoms with Crippen molar-refractivity contribution in [3.63, 3.8) is 0 Å². The zero-order chi connectivity index (χ0) is 16.5. The molecule has 2 aromatic heterocycles. The molecule has 3 heterocycles. The number of carbonyl (C=O) groups is 1. The molecule has 1 atom stereocenters. The Bertz CT molecular complexity index is 889. The van der Waals surface area contributed by atoms with Gasteiger partial charge >= 0.3 is 0 Å². The van der Waals surface area contributed by atoms with E-state index in [9.17, 15) is 4.79 Å². The van der Waals surface area contributed by atoms with Crippen molar-refractivity contribution in [2.75, 3.05) is 18.9 Å². The van der Waals surface area contributed by atoms with Crippen molar-refractivity contribution >= 4 is 22.8 Å². The van der Waals surface area contributed by atoms with Crippen molar-refractivity contribution in [2.24, 2.45) is 0 Å². The Labute approximate surface area is 139 Å². The predicted octanol–water partition coefficient (Wildman–Crippen LogP) is 2.37. The second-order valence-corrected chi connectivity index (χ2v) is 5.87. The van der Waals surface area contributed by atoms with Crippen LogP contribution in [0.3, 0.4) is 0 Å². The Kier molecular flexibility index (Phi) is 3.60. The van der Waals surface area contributed by atoms with Gasteiger partial charge in [0, 0.05) is 19.2 Å². The average molecular weight is 322 g/mol. The van der Waals surface area contributed by atoms with Gasteiger partial charge in [0.2, 0.25) is 0 Å². The summed E-state index contributed by atoms with van der Waals surface area (Å²) in [6, 6.07) is 5.52. The van der Waals surface area contributed by atoms with Gasteiger partial charge in [0.25, 0.3) is 5.91 Å². The fourth-order valence-corrected chi connectivity index (χ4v) is 3.21. The van der Waals surface area contributed by atoms with Crippen LogP contribution in [0, 0.1) is 0 Å². The lowest BCUT2D eigenvalue weighted by molar-refractivity contribution is 0.0733. The van der Waals surface area contributed by atoms with Gasteiger partial charge < -0.3 is 15.2 Å². The minimum atomic E-state index is -0.0317. The summed E-state index contributed by atoms with van der Waals surface area (Å²) in [6.07, 6.45) is 6.93. The number of aromatic nitrogens is 4. The van der Waals surface area contributed by atoms with Crippen LogP contribution in [0.4, 0.5) is 5.82 Å². The van der Waals surface area contributed by atoms with Gasteiger partial charge in [0.1, 0.15) is 5.82 Å². The third-order valence-electron chi connectivity index (χ3n) is 4.43. The number of likely N-dealkylation sites (tertiary alicyclic amines) is 1. The number of H-pyrrole nitrogens is 1. The first kappa shape index (κ1) is 14.6. The van der Waals surface area contributed by atoms with E-state index in [-0.39, 0.29) is 11.9 Å². The zero-order valence-corrected chi connectivity index (χ0v) is 13.4. The van der Waals surface area contributed by atoms with Gasteiger partial charge in [-0.1, -0.05) is 0 Å². The van der Waals surface area contributed by atoms with E-state index in [4.69, 9.17) is 0 Å². The SMILES string of the molecule is CNc1cncc(C2CCCN2C(=O)c2ccc3nc[nH]c3c2)n1. The van der Waals surface area contributed by atoms with Crippen LogP contribution >= 0.6 is 0 Å². The molecular weight excluding hydrogens is 304 g/mol. The summed E-state index contributed by atoms with van der Waals surface area (Å²) >= 11 is 0. The molecule has 0 bridgehead atoms. The molecule has 2 N–H and O–H groups in total. The minimum Gasteiger partial charge on any atom is -0.372 e. The number of nitrogens with one attached hydrogen (secondary N) is 2. The first-order chi connectivity index (χ1) is 11.8. The molecule has 7 heteroatoms. The molecule has 1 aromatic carbocycles. The standard InChI is InChI=1S/C17H18N6O/c1-18-16-9-19-8-14(22-16)15-3-2-6-23(15)17(24)11-4-5-12-13(7-11)21-10-20-12/h4-5,7-10,15H,2-3,6H2,1H3,(H,18,22)(H,20,21). The van der Waals surface area contributed by atoms with E-state index in [0.717, 1.165) is 36.1 Å². The molecule has 1 amide bonds. The monoisotopic (exact) mass is 322 g/mol. The molecule has 1 fully saturated rings. The molecule has 4 rings (SSSR count). The Morgan fingerprint density at radius 2 is 2.29 bits per heavy atom. The number of hydrogen-bond donors (Lipinski definition) is 2. The van der Waals surface area contributed by atoms with Crippen molar-refractivity contribution in [2.45, 2.75) is 18.9 Å². The van der Waals surface area contributed by atoms with Gasteiger partial charge in [-0.2, -0.15) is 0 Å². The normalized spacial score (nSPS) is 17.4. The molecule has 0 aliphatic carbocycles. The lowest BCUT2D eigenvalue weighted by atomic mass is 10.1. The van der Waals surface area contributed by atoms with Crippen LogP contribution in [0.25, 0.3) is 11.0 Å². The van der Waals surface area contributed by atoms with E-state index in [1.165, 1.54) is 0 Å². The van der Waals surface area contributed by atoms with Crippen molar-refractivity contribution < 1.29 is 4.79 Å². The highest BCUT2D eigenvalue weighted by molar-refractivity contribution is 5.97. The first-order valence-electron chi connectivity index (χ1n) is 8.00. The molecule has 1 aliphatic heterocycles. The maximum absolute atomic E-state index is 13.0. The van der Waals surface area contributed by atoms with Crippen LogP contribution in [0.1, 0.15) is 34.9 Å². The zero-order valence-electron chi connectivity index (χ0n) is 13.4. The van der Waals surface area contributed by atoms with Crippen molar-refractivity contribution in [1.82, 2.24) is 24.8 Å². The number of aromatic amines is 1. The van der Waals surface area contributed by atoms with Gasteiger partial charge in [-0.25, -0.2) is 9.97 Å². The number of anilines is 1. The number of nitrogens with zero attached hydrogens (tertiary/aromatic N) is 4. The number of benzene rings is 1. The minimum absolute atomic E-state index is 0.0191. The molecule has 3 aromatic rings. The van der Waals surface area contributed by atoms with Crippen LogP contribution in [0.5, 0.6) is 0 Å². The summed E-state index contributed by atoms with van der Waals surface area (Å²) in [4.78, 5) is 30.9. The largest absolute Gasteiger partial charge is 0.372 e. The third kappa shape index (κ3) is 2.47. The molecule has 0 saturated carbocycles. The van der Waals surface area contributed by atoms with Crippen LogP contribution in [0.2, 0.25) is 0 Å². The summed E-state index contributed by atoms with van der Waals surface area (Å²) in [7, 11) is 1.81. The fraction of sp³-hybridized carbons (Fsp3) is 0.294. The van der Waals surface area contributed by atoms with Crippen LogP contribution in [-0.2, 0) is 0 Å². The molecule has 1 unspecified atom stereocenters. The maximum Gasteiger partial charge on any atom is 0.254 e. The van der Waals surface area contributed by atoms with Crippen LogP contribution in [0.15, 0.2) is 36.9 Å². The number of carbonyl (C=O) groups excluding carboxylic acids is 1. The van der Waals surface area contributed by atoms with Gasteiger partial charge in [0.15, 0.2) is 0 Å². The lowest BCUT2D eigenvalue weighted by Gasteiger charge is -2.24. The molecule has 0 radical (unpaired) electrons. The molecule has 122 valence electrons. The Hall–Kier alpha value is -2.96. The summed E-state index contributed by atoms with van der Waals surface area (Å²) in [5, 5.41) is 3.00. The van der Waals surface area contributed by atoms with Crippen LogP contribution < -0.4 is 5.32 Å². The maximum atomic E-state index is 13.0. The van der Waals surface area contributed by atoms with Gasteiger partial charge in [-0.05, 0) is 31.0 Å². The van der Waals surface area contributed by atoms with Gasteiger partial charge in [-0.3, -0.25) is 9.78 Å². The van der Waals surface area contributed by atoms with Crippen LogP contribution in [-0.4, -0.2) is 44.3 Å². The molecule has 7 nitrogen and oxygen atoms in total. The Balaban J connectivity index is 1.64. The predicted molar refractivity (Wildman–Crippen MR) is 90.7 cm³/mol. The van der Waals surface area contributed by atoms with E-state index < -0.39 is 0 Å². The highest BCUT2D eigenvalue weighted by Gasteiger charge is 2.32. The topological polar surface area (TPSA) is 86.8 Å². The molecule has 1 aliphatic rings. The average Bonchev–Trinajstić information content (AvgIpc) is 3.29. The van der Waals surface area contributed by atoms with Crippen molar-refractivity contribution in [1.29, 1.82) is 0 Å². The van der Waals surface area contributed by atoms with Gasteiger partial charge in [-0.15, -0.1) is 0 Å². The highest BCUT2D eigenvalue weighted by atomic mass is 16.2. The number of rotatable bonds is 3. The number of imidazole rings is 1. The molecule has 0 spiro atoms. The summed E-state index contributed by atoms with van der Waals surface area (Å²) < 4.78 is 0. The van der Waals surface area contributed by atoms with E-state index in [1.807, 2.05) is 30.1 Å². The molecular formula is C17H18N6O. The third-order valence-corrected chi connectivity index (χ3v) is 4.43. The number of amides is 1. The van der Waals surface area contributed by atoms with Crippen molar-refractivity contribution in [3.8, 4) is 0 Å². The summed E-state index contributed by atoms with van der Waals surface area (Å²) in [6.45, 7) is 0.732. The molecule has 1 saturated heterocycles. The van der Waals surface area contributed by atoms with E-state index >= 15 is 0 Å². The van der Waals surface area contributed by atoms with E-state index in [2.05, 4.69) is 25.3 Å². The quantitative estimate of drug-likeness (QED) is 0.773. The smallest absolute Gasteiger partial charge is 0.254 e. The number of hydrogen-bond acceptors (Lipinski definition) is 5. The molecule has 24 heavy (non-hydrogen) atoms. The number of fused-ring (bicyclic) bond motifs is 1. The first-order valence-corrected chi connectivity index (χ1v) is 8.00. The van der Waals surface area contributed by atoms with Gasteiger partial charge in [0.05, 0.1) is 41.5 Å². The van der Waals surface area contributed by atoms with Crippen molar-refractivity contribution in [3.05, 3.63) is 48.2 Å². The summed E-state index contributed by atoms with van der Waals surface area (Å²) in [5.41, 5.74) is 3.22. The highest BCUT2D eigenvalue weighted by Crippen LogP contribution is 2.32. The fourth-order valence-electron chi connectivity index (χ4n) is 3.21. The summed E-state index contributed by atoms with van der Waals surface area (Å²) in [5.74, 6) is 0.733. The second kappa shape index (κ2) is 5.92. The lowest BCUT2D eigenvalue weighted by Crippen LogP contribution is -2.31. The second-order valence-electron chi connectivity index (χ2n) is 5.87. The van der Waals surface area contributed by atoms with E-state index in [0.29, 0.717) is 11.4 Å².